The third kappa shape index (κ3) is 3.08. The maximum atomic E-state index is 12.5. The van der Waals surface area contributed by atoms with E-state index in [1.54, 1.807) is 13.1 Å². The van der Waals surface area contributed by atoms with Crippen LogP contribution in [0.15, 0.2) is 35.7 Å². The van der Waals surface area contributed by atoms with E-state index >= 15 is 0 Å². The van der Waals surface area contributed by atoms with Gasteiger partial charge in [-0.25, -0.2) is 13.4 Å². The zero-order valence-electron chi connectivity index (χ0n) is 12.1. The number of imidazole rings is 1. The molecule has 118 valence electrons. The third-order valence-electron chi connectivity index (χ3n) is 3.12. The molecule has 2 rings (SSSR count). The summed E-state index contributed by atoms with van der Waals surface area (Å²) in [6.07, 6.45) is 2.97. The second kappa shape index (κ2) is 6.14. The zero-order chi connectivity index (χ0) is 16.3. The van der Waals surface area contributed by atoms with Crippen LogP contribution in [0.4, 0.5) is 5.69 Å². The van der Waals surface area contributed by atoms with E-state index < -0.39 is 20.5 Å². The van der Waals surface area contributed by atoms with Crippen LogP contribution < -0.4 is 4.74 Å². The molecule has 0 amide bonds. The van der Waals surface area contributed by atoms with Crippen LogP contribution in [0.3, 0.4) is 0 Å². The standard InChI is InChI=1S/C13H15N3O5S/c1-3-15-7-6-14-13(15)22(19,20)9-10-8-11(16(17)18)4-5-12(10)21-2/h4-8H,3,9H2,1-2H3. The van der Waals surface area contributed by atoms with Crippen LogP contribution in [0.2, 0.25) is 0 Å². The summed E-state index contributed by atoms with van der Waals surface area (Å²) in [6, 6.07) is 3.85. The largest absolute Gasteiger partial charge is 0.496 e. The molecule has 0 atom stereocenters. The molecule has 8 nitrogen and oxygen atoms in total. The van der Waals surface area contributed by atoms with Crippen molar-refractivity contribution in [2.45, 2.75) is 24.4 Å². The highest BCUT2D eigenvalue weighted by Crippen LogP contribution is 2.27. The molecule has 0 N–H and O–H groups in total. The fourth-order valence-corrected chi connectivity index (χ4v) is 3.61. The lowest BCUT2D eigenvalue weighted by Gasteiger charge is -2.10. The van der Waals surface area contributed by atoms with Gasteiger partial charge in [-0.05, 0) is 13.0 Å². The van der Waals surface area contributed by atoms with Crippen molar-refractivity contribution in [2.24, 2.45) is 0 Å². The summed E-state index contributed by atoms with van der Waals surface area (Å²) in [5.74, 6) is -0.140. The van der Waals surface area contributed by atoms with E-state index in [0.717, 1.165) is 0 Å². The van der Waals surface area contributed by atoms with E-state index in [1.165, 1.54) is 36.1 Å². The van der Waals surface area contributed by atoms with Crippen molar-refractivity contribution in [3.63, 3.8) is 0 Å². The Morgan fingerprint density at radius 3 is 2.73 bits per heavy atom. The lowest BCUT2D eigenvalue weighted by Crippen LogP contribution is -2.13. The summed E-state index contributed by atoms with van der Waals surface area (Å²) in [5, 5.41) is 10.8. The summed E-state index contributed by atoms with van der Waals surface area (Å²) in [4.78, 5) is 14.1. The molecule has 0 bridgehead atoms. The summed E-state index contributed by atoms with van der Waals surface area (Å²) in [7, 11) is -2.36. The Morgan fingerprint density at radius 2 is 2.14 bits per heavy atom. The molecule has 0 spiro atoms. The molecule has 22 heavy (non-hydrogen) atoms. The van der Waals surface area contributed by atoms with E-state index in [1.807, 2.05) is 0 Å². The minimum Gasteiger partial charge on any atom is -0.496 e. The normalized spacial score (nSPS) is 11.4. The minimum atomic E-state index is -3.74. The van der Waals surface area contributed by atoms with Gasteiger partial charge in [0.25, 0.3) is 5.69 Å². The Hall–Kier alpha value is -2.42. The molecule has 0 aliphatic rings. The fourth-order valence-electron chi connectivity index (χ4n) is 2.08. The maximum absolute atomic E-state index is 12.5. The monoisotopic (exact) mass is 325 g/mol. The lowest BCUT2D eigenvalue weighted by atomic mass is 10.2. The number of nitro groups is 1. The van der Waals surface area contributed by atoms with Crippen molar-refractivity contribution < 1.29 is 18.1 Å². The molecule has 0 saturated heterocycles. The number of hydrogen-bond donors (Lipinski definition) is 0. The van der Waals surface area contributed by atoms with Crippen molar-refractivity contribution >= 4 is 15.5 Å². The number of benzene rings is 1. The number of hydrogen-bond acceptors (Lipinski definition) is 6. The molecular formula is C13H15N3O5S. The van der Waals surface area contributed by atoms with Crippen LogP contribution in [-0.4, -0.2) is 30.0 Å². The Balaban J connectivity index is 2.45. The van der Waals surface area contributed by atoms with Gasteiger partial charge in [0.05, 0.1) is 17.8 Å². The number of non-ortho nitro benzene ring substituents is 1. The van der Waals surface area contributed by atoms with E-state index in [2.05, 4.69) is 4.98 Å². The van der Waals surface area contributed by atoms with Gasteiger partial charge in [0, 0.05) is 36.6 Å². The van der Waals surface area contributed by atoms with Gasteiger partial charge in [0.1, 0.15) is 5.75 Å². The summed E-state index contributed by atoms with van der Waals surface area (Å²) in [5.41, 5.74) is 0.0344. The first-order valence-corrected chi connectivity index (χ1v) is 8.09. The van der Waals surface area contributed by atoms with Gasteiger partial charge >= 0.3 is 0 Å². The summed E-state index contributed by atoms with van der Waals surface area (Å²) < 4.78 is 31.6. The number of nitrogens with zero attached hydrogens (tertiary/aromatic N) is 3. The number of sulfone groups is 1. The molecule has 1 aromatic carbocycles. The molecule has 1 heterocycles. The van der Waals surface area contributed by atoms with Gasteiger partial charge in [-0.3, -0.25) is 10.1 Å². The van der Waals surface area contributed by atoms with Crippen molar-refractivity contribution in [1.82, 2.24) is 9.55 Å². The summed E-state index contributed by atoms with van der Waals surface area (Å²) in [6.45, 7) is 2.26. The van der Waals surface area contributed by atoms with Crippen LogP contribution in [-0.2, 0) is 22.1 Å². The lowest BCUT2D eigenvalue weighted by molar-refractivity contribution is -0.384. The molecule has 0 fully saturated rings. The molecule has 0 radical (unpaired) electrons. The maximum Gasteiger partial charge on any atom is 0.270 e. The molecule has 0 saturated carbocycles. The second-order valence-electron chi connectivity index (χ2n) is 4.51. The van der Waals surface area contributed by atoms with Crippen molar-refractivity contribution in [2.75, 3.05) is 7.11 Å². The van der Waals surface area contributed by atoms with Gasteiger partial charge < -0.3 is 9.30 Å². The smallest absolute Gasteiger partial charge is 0.270 e. The molecular weight excluding hydrogens is 310 g/mol. The molecule has 0 aliphatic heterocycles. The first kappa shape index (κ1) is 16.0. The Kier molecular flexibility index (Phi) is 4.45. The number of aryl methyl sites for hydroxylation is 1. The molecule has 0 aliphatic carbocycles. The topological polar surface area (TPSA) is 104 Å². The average Bonchev–Trinajstić information content (AvgIpc) is 2.96. The summed E-state index contributed by atoms with van der Waals surface area (Å²) >= 11 is 0. The first-order valence-electron chi connectivity index (χ1n) is 6.44. The number of methoxy groups -OCH3 is 1. The SMILES string of the molecule is CCn1ccnc1S(=O)(=O)Cc1cc([N+](=O)[O-])ccc1OC. The Bertz CT molecular complexity index is 798. The van der Waals surface area contributed by atoms with Crippen LogP contribution in [0.1, 0.15) is 12.5 Å². The van der Waals surface area contributed by atoms with E-state index in [-0.39, 0.29) is 22.2 Å². The molecule has 9 heteroatoms. The Morgan fingerprint density at radius 1 is 1.41 bits per heavy atom. The molecule has 2 aromatic rings. The number of aromatic nitrogens is 2. The predicted molar refractivity (Wildman–Crippen MR) is 78.4 cm³/mol. The Labute approximate surface area is 127 Å². The van der Waals surface area contributed by atoms with Gasteiger partial charge in [0.15, 0.2) is 0 Å². The van der Waals surface area contributed by atoms with Crippen LogP contribution in [0.5, 0.6) is 5.75 Å². The quantitative estimate of drug-likeness (QED) is 0.592. The zero-order valence-corrected chi connectivity index (χ0v) is 12.9. The molecule has 1 aromatic heterocycles. The van der Waals surface area contributed by atoms with Crippen LogP contribution in [0.25, 0.3) is 0 Å². The first-order chi connectivity index (χ1) is 10.4. The predicted octanol–water partition coefficient (Wildman–Crippen LogP) is 1.79. The van der Waals surface area contributed by atoms with E-state index in [0.29, 0.717) is 6.54 Å². The van der Waals surface area contributed by atoms with E-state index in [9.17, 15) is 18.5 Å². The van der Waals surface area contributed by atoms with Gasteiger partial charge in [-0.15, -0.1) is 0 Å². The highest BCUT2D eigenvalue weighted by Gasteiger charge is 2.24. The minimum absolute atomic E-state index is 0.0661. The van der Waals surface area contributed by atoms with Crippen molar-refractivity contribution in [3.8, 4) is 5.75 Å². The van der Waals surface area contributed by atoms with Crippen molar-refractivity contribution in [3.05, 3.63) is 46.3 Å². The second-order valence-corrected chi connectivity index (χ2v) is 6.39. The van der Waals surface area contributed by atoms with E-state index in [4.69, 9.17) is 4.74 Å². The fraction of sp³-hybridized carbons (Fsp3) is 0.308. The van der Waals surface area contributed by atoms with Gasteiger partial charge in [0.2, 0.25) is 15.0 Å². The highest BCUT2D eigenvalue weighted by molar-refractivity contribution is 7.90. The van der Waals surface area contributed by atoms with Crippen LogP contribution in [0, 0.1) is 10.1 Å². The molecule has 0 unspecified atom stereocenters. The average molecular weight is 325 g/mol. The van der Waals surface area contributed by atoms with Gasteiger partial charge in [-0.1, -0.05) is 0 Å². The van der Waals surface area contributed by atoms with Gasteiger partial charge in [-0.2, -0.15) is 0 Å². The van der Waals surface area contributed by atoms with Crippen molar-refractivity contribution in [1.29, 1.82) is 0 Å². The van der Waals surface area contributed by atoms with Crippen LogP contribution >= 0.6 is 0 Å². The highest BCUT2D eigenvalue weighted by atomic mass is 32.2. The number of rotatable bonds is 6. The number of nitro benzene ring substituents is 1. The number of ether oxygens (including phenoxy) is 1. The third-order valence-corrected chi connectivity index (χ3v) is 4.70.